The predicted molar refractivity (Wildman–Crippen MR) is 55.4 cm³/mol. The van der Waals surface area contributed by atoms with Crippen molar-refractivity contribution in [3.8, 4) is 0 Å². The lowest BCUT2D eigenvalue weighted by molar-refractivity contribution is 0.228. The molecular weight excluding hydrogens is 156 g/mol. The highest BCUT2D eigenvalue weighted by Crippen LogP contribution is 2.65. The summed E-state index contributed by atoms with van der Waals surface area (Å²) in [6.07, 6.45) is 9.34. The number of hydrogen-bond acceptors (Lipinski definition) is 0. The SMILES string of the molecule is C=CC12CC(C)C1=C1CCCC1C2. The summed E-state index contributed by atoms with van der Waals surface area (Å²) in [6, 6.07) is 0. The summed E-state index contributed by atoms with van der Waals surface area (Å²) in [6.45, 7) is 6.44. The molecule has 0 amide bonds. The van der Waals surface area contributed by atoms with Crippen molar-refractivity contribution in [3.63, 3.8) is 0 Å². The highest BCUT2D eigenvalue weighted by atomic mass is 14.6. The van der Waals surface area contributed by atoms with Gasteiger partial charge < -0.3 is 0 Å². The molecule has 0 spiro atoms. The molecule has 13 heavy (non-hydrogen) atoms. The van der Waals surface area contributed by atoms with Gasteiger partial charge in [-0.2, -0.15) is 0 Å². The first-order chi connectivity index (χ1) is 6.27. The fourth-order valence-corrected chi connectivity index (χ4v) is 4.16. The number of allylic oxidation sites excluding steroid dienone is 3. The van der Waals surface area contributed by atoms with Crippen molar-refractivity contribution in [1.29, 1.82) is 0 Å². The lowest BCUT2D eigenvalue weighted by Gasteiger charge is -2.45. The molecule has 0 bridgehead atoms. The van der Waals surface area contributed by atoms with Crippen LogP contribution in [0.3, 0.4) is 0 Å². The molecule has 0 N–H and O–H groups in total. The summed E-state index contributed by atoms with van der Waals surface area (Å²) in [5, 5.41) is 0. The summed E-state index contributed by atoms with van der Waals surface area (Å²) in [5.74, 6) is 1.83. The Kier molecular flexibility index (Phi) is 1.38. The summed E-state index contributed by atoms with van der Waals surface area (Å²) in [4.78, 5) is 0. The van der Waals surface area contributed by atoms with Gasteiger partial charge in [0.25, 0.3) is 0 Å². The van der Waals surface area contributed by atoms with Crippen LogP contribution in [0.5, 0.6) is 0 Å². The van der Waals surface area contributed by atoms with E-state index in [2.05, 4.69) is 19.6 Å². The maximum absolute atomic E-state index is 4.04. The zero-order valence-electron chi connectivity index (χ0n) is 8.47. The molecule has 0 aliphatic heterocycles. The molecule has 0 aromatic rings. The fraction of sp³-hybridized carbons (Fsp3) is 0.692. The van der Waals surface area contributed by atoms with E-state index in [1.54, 1.807) is 0 Å². The Balaban J connectivity index is 2.07. The molecule has 3 unspecified atom stereocenters. The van der Waals surface area contributed by atoms with Crippen LogP contribution >= 0.6 is 0 Å². The third-order valence-electron chi connectivity index (χ3n) is 4.54. The third kappa shape index (κ3) is 0.775. The first kappa shape index (κ1) is 7.84. The summed E-state index contributed by atoms with van der Waals surface area (Å²) in [5.41, 5.74) is 4.14. The van der Waals surface area contributed by atoms with Gasteiger partial charge in [-0.05, 0) is 43.9 Å². The molecule has 3 aliphatic rings. The van der Waals surface area contributed by atoms with Crippen molar-refractivity contribution >= 4 is 0 Å². The first-order valence-electron chi connectivity index (χ1n) is 5.64. The minimum Gasteiger partial charge on any atom is -0.102 e. The minimum atomic E-state index is 0.486. The van der Waals surface area contributed by atoms with Crippen molar-refractivity contribution in [2.75, 3.05) is 0 Å². The largest absolute Gasteiger partial charge is 0.102 e. The monoisotopic (exact) mass is 174 g/mol. The molecule has 3 rings (SSSR count). The van der Waals surface area contributed by atoms with E-state index in [0.29, 0.717) is 5.41 Å². The minimum absolute atomic E-state index is 0.486. The van der Waals surface area contributed by atoms with E-state index in [0.717, 1.165) is 11.8 Å². The first-order valence-corrected chi connectivity index (χ1v) is 5.64. The second kappa shape index (κ2) is 2.29. The molecule has 3 aliphatic carbocycles. The van der Waals surface area contributed by atoms with Gasteiger partial charge in [0.15, 0.2) is 0 Å². The van der Waals surface area contributed by atoms with Crippen LogP contribution in [0.15, 0.2) is 23.8 Å². The third-order valence-corrected chi connectivity index (χ3v) is 4.54. The second-order valence-electron chi connectivity index (χ2n) is 5.20. The molecule has 3 atom stereocenters. The van der Waals surface area contributed by atoms with E-state index in [1.807, 2.05) is 11.1 Å². The van der Waals surface area contributed by atoms with E-state index >= 15 is 0 Å². The van der Waals surface area contributed by atoms with Crippen LogP contribution in [0.1, 0.15) is 39.0 Å². The Morgan fingerprint density at radius 2 is 2.31 bits per heavy atom. The van der Waals surface area contributed by atoms with Crippen LogP contribution in [0, 0.1) is 17.3 Å². The zero-order valence-corrected chi connectivity index (χ0v) is 8.47. The maximum atomic E-state index is 4.04. The van der Waals surface area contributed by atoms with Crippen LogP contribution in [0.25, 0.3) is 0 Å². The predicted octanol–water partition coefficient (Wildman–Crippen LogP) is 3.70. The lowest BCUT2D eigenvalue weighted by Crippen LogP contribution is -2.35. The van der Waals surface area contributed by atoms with Gasteiger partial charge in [-0.3, -0.25) is 0 Å². The van der Waals surface area contributed by atoms with Gasteiger partial charge in [-0.15, -0.1) is 6.58 Å². The van der Waals surface area contributed by atoms with E-state index in [9.17, 15) is 0 Å². The molecule has 2 saturated carbocycles. The van der Waals surface area contributed by atoms with Crippen LogP contribution in [0.2, 0.25) is 0 Å². The topological polar surface area (TPSA) is 0 Å². The van der Waals surface area contributed by atoms with Gasteiger partial charge in [0.2, 0.25) is 0 Å². The van der Waals surface area contributed by atoms with E-state index in [1.165, 1.54) is 32.1 Å². The fourth-order valence-electron chi connectivity index (χ4n) is 4.16. The van der Waals surface area contributed by atoms with Crippen molar-refractivity contribution in [2.24, 2.45) is 17.3 Å². The molecule has 0 saturated heterocycles. The molecule has 70 valence electrons. The Hall–Kier alpha value is -0.520. The highest BCUT2D eigenvalue weighted by molar-refractivity contribution is 5.44. The molecule has 0 nitrogen and oxygen atoms in total. The molecule has 2 fully saturated rings. The Morgan fingerprint density at radius 3 is 3.00 bits per heavy atom. The quantitative estimate of drug-likeness (QED) is 0.532. The van der Waals surface area contributed by atoms with Crippen molar-refractivity contribution in [3.05, 3.63) is 23.8 Å². The summed E-state index contributed by atoms with van der Waals surface area (Å²) >= 11 is 0. The van der Waals surface area contributed by atoms with Crippen molar-refractivity contribution in [1.82, 2.24) is 0 Å². The van der Waals surface area contributed by atoms with Crippen LogP contribution < -0.4 is 0 Å². The second-order valence-corrected chi connectivity index (χ2v) is 5.20. The lowest BCUT2D eigenvalue weighted by atomic mass is 9.59. The van der Waals surface area contributed by atoms with E-state index < -0.39 is 0 Å². The van der Waals surface area contributed by atoms with Gasteiger partial charge in [0.05, 0.1) is 0 Å². The molecule has 0 heteroatoms. The van der Waals surface area contributed by atoms with Gasteiger partial charge in [0, 0.05) is 5.41 Å². The van der Waals surface area contributed by atoms with E-state index in [-0.39, 0.29) is 0 Å². The number of hydrogen-bond donors (Lipinski definition) is 0. The average molecular weight is 174 g/mol. The maximum Gasteiger partial charge on any atom is 0.0105 e. The number of rotatable bonds is 1. The number of fused-ring (bicyclic) bond motifs is 2. The normalized spacial score (nSPS) is 47.2. The van der Waals surface area contributed by atoms with Gasteiger partial charge in [-0.1, -0.05) is 24.1 Å². The van der Waals surface area contributed by atoms with Gasteiger partial charge in [-0.25, -0.2) is 0 Å². The standard InChI is InChI=1S/C13H18/c1-3-13-7-9(2)12(13)11-6-4-5-10(11)8-13/h3,9-10H,1,4-8H2,2H3. The summed E-state index contributed by atoms with van der Waals surface area (Å²) < 4.78 is 0. The smallest absolute Gasteiger partial charge is 0.0105 e. The molecule has 0 heterocycles. The Morgan fingerprint density at radius 1 is 1.46 bits per heavy atom. The van der Waals surface area contributed by atoms with Gasteiger partial charge >= 0.3 is 0 Å². The van der Waals surface area contributed by atoms with Crippen molar-refractivity contribution < 1.29 is 0 Å². The highest BCUT2D eigenvalue weighted by Gasteiger charge is 2.53. The average Bonchev–Trinajstić information content (AvgIpc) is 2.58. The molecule has 0 radical (unpaired) electrons. The Bertz CT molecular complexity index is 297. The van der Waals surface area contributed by atoms with Crippen LogP contribution in [-0.4, -0.2) is 0 Å². The molecule has 0 aromatic carbocycles. The van der Waals surface area contributed by atoms with E-state index in [4.69, 9.17) is 0 Å². The molecule has 0 aromatic heterocycles. The van der Waals surface area contributed by atoms with Crippen LogP contribution in [0.4, 0.5) is 0 Å². The Labute approximate surface area is 80.7 Å². The summed E-state index contributed by atoms with van der Waals surface area (Å²) in [7, 11) is 0. The van der Waals surface area contributed by atoms with Crippen LogP contribution in [-0.2, 0) is 0 Å². The van der Waals surface area contributed by atoms with Gasteiger partial charge in [0.1, 0.15) is 0 Å². The van der Waals surface area contributed by atoms with Crippen molar-refractivity contribution in [2.45, 2.75) is 39.0 Å². The molecular formula is C13H18. The zero-order chi connectivity index (χ0) is 9.05.